The summed E-state index contributed by atoms with van der Waals surface area (Å²) < 4.78 is 60.3. The number of rotatable bonds is 6. The average Bonchev–Trinajstić information content (AvgIpc) is 2.35. The maximum atomic E-state index is 12.3. The molecule has 0 aliphatic rings. The van der Waals surface area contributed by atoms with Crippen molar-refractivity contribution in [3.05, 3.63) is 29.8 Å². The van der Waals surface area contributed by atoms with Crippen molar-refractivity contribution in [1.82, 2.24) is 4.72 Å². The van der Waals surface area contributed by atoms with Gasteiger partial charge < -0.3 is 14.0 Å². The molecule has 126 valence electrons. The van der Waals surface area contributed by atoms with Crippen LogP contribution in [-0.4, -0.2) is 29.4 Å². The molecule has 1 aromatic carbocycles. The van der Waals surface area contributed by atoms with Crippen LogP contribution < -0.4 is 9.46 Å². The van der Waals surface area contributed by atoms with E-state index in [1.54, 1.807) is 26.8 Å². The maximum Gasteiger partial charge on any atom is 0.573 e. The molecule has 0 saturated heterocycles. The van der Waals surface area contributed by atoms with Crippen LogP contribution in [0.2, 0.25) is 0 Å². The summed E-state index contributed by atoms with van der Waals surface area (Å²) >= 11 is -1.39. The van der Waals surface area contributed by atoms with Gasteiger partial charge in [-0.1, -0.05) is 12.1 Å². The van der Waals surface area contributed by atoms with Gasteiger partial charge in [0.2, 0.25) is 0 Å². The first kappa shape index (κ1) is 19.1. The number of hydrogen-bond acceptors (Lipinski definition) is 4. The number of nitrogens with one attached hydrogen (secondary N) is 1. The lowest BCUT2D eigenvalue weighted by Crippen LogP contribution is -2.42. The summed E-state index contributed by atoms with van der Waals surface area (Å²) in [6.45, 7) is 5.55. The number of halogens is 3. The molecule has 8 heteroatoms. The topological polar surface area (TPSA) is 53.5 Å². The van der Waals surface area contributed by atoms with E-state index in [0.29, 0.717) is 5.56 Å². The van der Waals surface area contributed by atoms with E-state index in [1.807, 2.05) is 0 Å². The Morgan fingerprint density at radius 3 is 2.41 bits per heavy atom. The molecular weight excluding hydrogens is 319 g/mol. The van der Waals surface area contributed by atoms with Crippen molar-refractivity contribution >= 4 is 11.4 Å². The summed E-state index contributed by atoms with van der Waals surface area (Å²) in [7, 11) is 1.46. The van der Waals surface area contributed by atoms with Gasteiger partial charge in [0.15, 0.2) is 0 Å². The van der Waals surface area contributed by atoms with Gasteiger partial charge in [0, 0.05) is 18.5 Å². The SMILES string of the molecule is COC[C@H](N[S+]([O-])C(C)(C)C)c1cccc(OC(F)(F)F)c1. The van der Waals surface area contributed by atoms with E-state index in [4.69, 9.17) is 4.74 Å². The summed E-state index contributed by atoms with van der Waals surface area (Å²) in [5.74, 6) is -0.325. The van der Waals surface area contributed by atoms with Crippen molar-refractivity contribution in [2.75, 3.05) is 13.7 Å². The lowest BCUT2D eigenvalue weighted by molar-refractivity contribution is -0.274. The lowest BCUT2D eigenvalue weighted by Gasteiger charge is -2.28. The third kappa shape index (κ3) is 6.43. The third-order valence-corrected chi connectivity index (χ3v) is 4.24. The average molecular weight is 339 g/mol. The number of alkyl halides is 3. The highest BCUT2D eigenvalue weighted by Crippen LogP contribution is 2.27. The molecular formula is C14H20F3NO3S. The zero-order chi connectivity index (χ0) is 17.0. The van der Waals surface area contributed by atoms with Crippen molar-refractivity contribution in [2.45, 2.75) is 37.9 Å². The number of ether oxygens (including phenoxy) is 2. The van der Waals surface area contributed by atoms with Crippen LogP contribution in [0.3, 0.4) is 0 Å². The Morgan fingerprint density at radius 1 is 1.27 bits per heavy atom. The van der Waals surface area contributed by atoms with E-state index in [0.717, 1.165) is 0 Å². The van der Waals surface area contributed by atoms with Crippen LogP contribution in [0.5, 0.6) is 5.75 Å². The van der Waals surface area contributed by atoms with Gasteiger partial charge in [-0.2, -0.15) is 0 Å². The van der Waals surface area contributed by atoms with Crippen LogP contribution in [0, 0.1) is 0 Å². The number of methoxy groups -OCH3 is 1. The molecule has 0 heterocycles. The predicted molar refractivity (Wildman–Crippen MR) is 78.8 cm³/mol. The van der Waals surface area contributed by atoms with E-state index in [9.17, 15) is 17.7 Å². The van der Waals surface area contributed by atoms with Gasteiger partial charge in [0.1, 0.15) is 16.5 Å². The van der Waals surface area contributed by atoms with E-state index in [1.165, 1.54) is 25.3 Å². The first-order valence-corrected chi connectivity index (χ1v) is 7.70. The van der Waals surface area contributed by atoms with Crippen LogP contribution >= 0.6 is 0 Å². The van der Waals surface area contributed by atoms with Crippen molar-refractivity contribution in [3.8, 4) is 5.75 Å². The molecule has 1 N–H and O–H groups in total. The lowest BCUT2D eigenvalue weighted by atomic mass is 10.1. The predicted octanol–water partition coefficient (Wildman–Crippen LogP) is 3.32. The molecule has 0 aliphatic carbocycles. The van der Waals surface area contributed by atoms with E-state index in [-0.39, 0.29) is 12.4 Å². The normalized spacial score (nSPS) is 15.5. The van der Waals surface area contributed by atoms with Crippen LogP contribution in [-0.2, 0) is 16.1 Å². The van der Waals surface area contributed by atoms with Gasteiger partial charge in [-0.05, 0) is 38.5 Å². The maximum absolute atomic E-state index is 12.3. The number of hydrogen-bond donors (Lipinski definition) is 1. The second kappa shape index (κ2) is 7.54. The molecule has 0 spiro atoms. The largest absolute Gasteiger partial charge is 0.598 e. The third-order valence-electron chi connectivity index (χ3n) is 2.63. The fraction of sp³-hybridized carbons (Fsp3) is 0.571. The Morgan fingerprint density at radius 2 is 1.91 bits per heavy atom. The fourth-order valence-corrected chi connectivity index (χ4v) is 2.42. The minimum absolute atomic E-state index is 0.164. The zero-order valence-corrected chi connectivity index (χ0v) is 13.7. The molecule has 0 bridgehead atoms. The summed E-state index contributed by atoms with van der Waals surface area (Å²) in [5.41, 5.74) is 0.501. The van der Waals surface area contributed by atoms with Crippen LogP contribution in [0.15, 0.2) is 24.3 Å². The Labute approximate surface area is 131 Å². The summed E-state index contributed by atoms with van der Waals surface area (Å²) in [6, 6.07) is 5.02. The summed E-state index contributed by atoms with van der Waals surface area (Å²) in [5, 5.41) is 0. The van der Waals surface area contributed by atoms with Gasteiger partial charge in [-0.25, -0.2) is 0 Å². The van der Waals surface area contributed by atoms with Crippen molar-refractivity contribution < 1.29 is 27.2 Å². The molecule has 1 unspecified atom stereocenters. The van der Waals surface area contributed by atoms with Gasteiger partial charge in [-0.3, -0.25) is 0 Å². The standard InChI is InChI=1S/C14H20F3NO3S/c1-13(2,3)22(19)18-12(9-20-4)10-6-5-7-11(8-10)21-14(15,16)17/h5-8,12,18H,9H2,1-4H3/t12-,22?/m0/s1. The molecule has 2 atom stereocenters. The Balaban J connectivity index is 2.94. The van der Waals surface area contributed by atoms with E-state index < -0.39 is 28.5 Å². The molecule has 0 amide bonds. The Kier molecular flexibility index (Phi) is 6.54. The highest BCUT2D eigenvalue weighted by atomic mass is 32.2. The highest BCUT2D eigenvalue weighted by molar-refractivity contribution is 7.90. The first-order chi connectivity index (χ1) is 10.0. The zero-order valence-electron chi connectivity index (χ0n) is 12.9. The molecule has 1 aromatic rings. The molecule has 22 heavy (non-hydrogen) atoms. The molecule has 4 nitrogen and oxygen atoms in total. The smallest absolute Gasteiger partial charge is 0.573 e. The minimum Gasteiger partial charge on any atom is -0.598 e. The van der Waals surface area contributed by atoms with Gasteiger partial charge in [0.25, 0.3) is 0 Å². The van der Waals surface area contributed by atoms with Crippen LogP contribution in [0.1, 0.15) is 32.4 Å². The van der Waals surface area contributed by atoms with Gasteiger partial charge in [-0.15, -0.1) is 17.9 Å². The molecule has 0 aliphatic heterocycles. The highest BCUT2D eigenvalue weighted by Gasteiger charge is 2.32. The van der Waals surface area contributed by atoms with Crippen molar-refractivity contribution in [2.24, 2.45) is 0 Å². The molecule has 0 fully saturated rings. The molecule has 0 saturated carbocycles. The molecule has 0 aromatic heterocycles. The monoisotopic (exact) mass is 339 g/mol. The first-order valence-electron chi connectivity index (χ1n) is 6.55. The Bertz CT molecular complexity index is 477. The van der Waals surface area contributed by atoms with E-state index in [2.05, 4.69) is 9.46 Å². The summed E-state index contributed by atoms with van der Waals surface area (Å²) in [6.07, 6.45) is -4.75. The van der Waals surface area contributed by atoms with E-state index >= 15 is 0 Å². The molecule has 1 rings (SSSR count). The van der Waals surface area contributed by atoms with Crippen molar-refractivity contribution in [3.63, 3.8) is 0 Å². The number of benzene rings is 1. The second-order valence-corrected chi connectivity index (χ2v) is 7.63. The summed E-state index contributed by atoms with van der Waals surface area (Å²) in [4.78, 5) is 0. The fourth-order valence-electron chi connectivity index (χ4n) is 1.60. The van der Waals surface area contributed by atoms with Crippen LogP contribution in [0.4, 0.5) is 13.2 Å². The Hall–Kier alpha value is -0.960. The van der Waals surface area contributed by atoms with Crippen molar-refractivity contribution in [1.29, 1.82) is 0 Å². The second-order valence-electron chi connectivity index (χ2n) is 5.63. The minimum atomic E-state index is -4.75. The van der Waals surface area contributed by atoms with Gasteiger partial charge >= 0.3 is 6.36 Å². The quantitative estimate of drug-likeness (QED) is 0.808. The van der Waals surface area contributed by atoms with Gasteiger partial charge in [0.05, 0.1) is 6.61 Å². The molecule has 0 radical (unpaired) electrons. The van der Waals surface area contributed by atoms with Crippen LogP contribution in [0.25, 0.3) is 0 Å².